The smallest absolute Gasteiger partial charge is 0.435 e. The Balaban J connectivity index is 1.58. The van der Waals surface area contributed by atoms with Gasteiger partial charge >= 0.3 is 12.4 Å². The van der Waals surface area contributed by atoms with E-state index in [1.54, 1.807) is 36.4 Å². The molecule has 0 bridgehead atoms. The number of hydrogen-bond donors (Lipinski definition) is 2. The molecule has 0 unspecified atom stereocenters. The zero-order valence-corrected chi connectivity index (χ0v) is 13.7. The fourth-order valence-electron chi connectivity index (χ4n) is 2.18. The number of hydrogen-bond acceptors (Lipinski definition) is 5. The number of anilines is 1. The van der Waals surface area contributed by atoms with Gasteiger partial charge in [0.2, 0.25) is 5.91 Å². The monoisotopic (exact) mass is 373 g/mol. The molecule has 1 amide bonds. The third-order valence-corrected chi connectivity index (χ3v) is 3.40. The van der Waals surface area contributed by atoms with Crippen molar-refractivity contribution in [3.8, 4) is 17.1 Å². The molecule has 0 spiro atoms. The van der Waals surface area contributed by atoms with Crippen LogP contribution in [0.2, 0.25) is 0 Å². The van der Waals surface area contributed by atoms with Crippen LogP contribution in [0.15, 0.2) is 63.9 Å². The molecule has 0 radical (unpaired) electrons. The average Bonchev–Trinajstić information content (AvgIpc) is 3.08. The van der Waals surface area contributed by atoms with E-state index in [9.17, 15) is 18.4 Å². The van der Waals surface area contributed by atoms with Crippen LogP contribution in [0.3, 0.4) is 0 Å². The lowest BCUT2D eigenvalue weighted by Crippen LogP contribution is -2.07. The molecule has 0 aliphatic heterocycles. The van der Waals surface area contributed by atoms with Crippen LogP contribution in [-0.4, -0.2) is 22.7 Å². The van der Waals surface area contributed by atoms with Gasteiger partial charge < -0.3 is 10.1 Å². The number of carbonyl (C=O) groups excluding carboxylic acids is 1. The van der Waals surface area contributed by atoms with Gasteiger partial charge in [-0.25, -0.2) is 4.79 Å². The fraction of sp³-hybridized carbons (Fsp3) is 0.0556. The second-order valence-corrected chi connectivity index (χ2v) is 5.29. The van der Waals surface area contributed by atoms with Crippen molar-refractivity contribution in [1.82, 2.24) is 10.1 Å². The van der Waals surface area contributed by atoms with E-state index >= 15 is 0 Å². The molecule has 138 valence electrons. The van der Waals surface area contributed by atoms with Crippen molar-refractivity contribution in [1.29, 1.82) is 0 Å². The molecule has 9 heteroatoms. The minimum atomic E-state index is -2.88. The van der Waals surface area contributed by atoms with Gasteiger partial charge in [-0.2, -0.15) is 8.78 Å². The number of ether oxygens (including phenoxy) is 1. The van der Waals surface area contributed by atoms with E-state index in [1.165, 1.54) is 24.3 Å². The molecule has 1 heterocycles. The van der Waals surface area contributed by atoms with E-state index in [0.29, 0.717) is 16.8 Å². The zero-order valence-electron chi connectivity index (χ0n) is 13.7. The van der Waals surface area contributed by atoms with Gasteiger partial charge in [-0.1, -0.05) is 17.3 Å². The summed E-state index contributed by atoms with van der Waals surface area (Å²) >= 11 is 0. The Morgan fingerprint density at radius 3 is 2.44 bits per heavy atom. The van der Waals surface area contributed by atoms with Crippen LogP contribution in [0.5, 0.6) is 5.75 Å². The summed E-state index contributed by atoms with van der Waals surface area (Å²) in [5.41, 5.74) is 1.82. The Morgan fingerprint density at radius 1 is 1.15 bits per heavy atom. The molecule has 2 N–H and O–H groups in total. The Bertz CT molecular complexity index is 992. The van der Waals surface area contributed by atoms with Gasteiger partial charge in [0.1, 0.15) is 5.75 Å². The van der Waals surface area contributed by atoms with Crippen molar-refractivity contribution in [2.75, 3.05) is 5.32 Å². The molecule has 27 heavy (non-hydrogen) atoms. The Morgan fingerprint density at radius 2 is 1.85 bits per heavy atom. The van der Waals surface area contributed by atoms with Crippen LogP contribution >= 0.6 is 0 Å². The highest BCUT2D eigenvalue weighted by Crippen LogP contribution is 2.18. The molecule has 0 saturated carbocycles. The van der Waals surface area contributed by atoms with E-state index in [4.69, 9.17) is 0 Å². The normalized spacial score (nSPS) is 11.1. The van der Waals surface area contributed by atoms with E-state index in [0.717, 1.165) is 0 Å². The van der Waals surface area contributed by atoms with Gasteiger partial charge in [0.15, 0.2) is 5.82 Å². The summed E-state index contributed by atoms with van der Waals surface area (Å²) in [5.74, 6) is -0.691. The lowest BCUT2D eigenvalue weighted by atomic mass is 10.2. The summed E-state index contributed by atoms with van der Waals surface area (Å²) in [6, 6.07) is 12.5. The average molecular weight is 373 g/mol. The lowest BCUT2D eigenvalue weighted by molar-refractivity contribution is -0.111. The van der Waals surface area contributed by atoms with Gasteiger partial charge in [0, 0.05) is 17.3 Å². The molecule has 0 atom stereocenters. The van der Waals surface area contributed by atoms with Gasteiger partial charge in [-0.3, -0.25) is 14.3 Å². The molecule has 1 aromatic heterocycles. The maximum absolute atomic E-state index is 12.1. The number of H-pyrrole nitrogens is 1. The summed E-state index contributed by atoms with van der Waals surface area (Å²) in [6.45, 7) is -2.88. The van der Waals surface area contributed by atoms with E-state index in [1.807, 2.05) is 0 Å². The van der Waals surface area contributed by atoms with E-state index in [2.05, 4.69) is 24.7 Å². The van der Waals surface area contributed by atoms with Crippen molar-refractivity contribution in [2.45, 2.75) is 6.61 Å². The number of amides is 1. The van der Waals surface area contributed by atoms with Crippen molar-refractivity contribution >= 4 is 17.7 Å². The van der Waals surface area contributed by atoms with Crippen LogP contribution in [0.4, 0.5) is 14.5 Å². The first kappa shape index (κ1) is 18.1. The van der Waals surface area contributed by atoms with Crippen LogP contribution in [0.25, 0.3) is 17.5 Å². The quantitative estimate of drug-likeness (QED) is 0.646. The molecular weight excluding hydrogens is 360 g/mol. The molecule has 2 aromatic carbocycles. The fourth-order valence-corrected chi connectivity index (χ4v) is 2.18. The SMILES string of the molecule is O=C(/C=C/c1ccc(OC(F)F)cc1)Nc1ccc(-c2noc(=O)[nH]2)cc1. The third-order valence-electron chi connectivity index (χ3n) is 3.40. The van der Waals surface area contributed by atoms with Gasteiger partial charge in [-0.15, -0.1) is 0 Å². The van der Waals surface area contributed by atoms with E-state index < -0.39 is 12.4 Å². The first-order valence-corrected chi connectivity index (χ1v) is 7.70. The molecular formula is C18H13F2N3O4. The number of nitrogens with one attached hydrogen (secondary N) is 2. The van der Waals surface area contributed by atoms with Crippen molar-refractivity contribution in [2.24, 2.45) is 0 Å². The predicted molar refractivity (Wildman–Crippen MR) is 93.3 cm³/mol. The third kappa shape index (κ3) is 5.11. The van der Waals surface area contributed by atoms with Crippen molar-refractivity contribution < 1.29 is 22.8 Å². The molecule has 7 nitrogen and oxygen atoms in total. The van der Waals surface area contributed by atoms with Gasteiger partial charge in [0.25, 0.3) is 0 Å². The number of halogens is 2. The highest BCUT2D eigenvalue weighted by atomic mass is 19.3. The highest BCUT2D eigenvalue weighted by Gasteiger charge is 2.05. The molecule has 0 aliphatic carbocycles. The maximum Gasteiger partial charge on any atom is 0.439 e. The topological polar surface area (TPSA) is 97.2 Å². The predicted octanol–water partition coefficient (Wildman–Crippen LogP) is 3.28. The Labute approximate surface area is 151 Å². The van der Waals surface area contributed by atoms with Crippen LogP contribution in [0, 0.1) is 0 Å². The zero-order chi connectivity index (χ0) is 19.2. The van der Waals surface area contributed by atoms with Crippen LogP contribution < -0.4 is 15.8 Å². The number of alkyl halides is 2. The second-order valence-electron chi connectivity index (χ2n) is 5.29. The molecule has 3 aromatic rings. The van der Waals surface area contributed by atoms with Crippen molar-refractivity contribution in [3.05, 3.63) is 70.7 Å². The number of aromatic amines is 1. The largest absolute Gasteiger partial charge is 0.439 e. The lowest BCUT2D eigenvalue weighted by Gasteiger charge is -2.04. The summed E-state index contributed by atoms with van der Waals surface area (Å²) < 4.78 is 32.9. The first-order chi connectivity index (χ1) is 13.0. The maximum atomic E-state index is 12.1. The van der Waals surface area contributed by atoms with Gasteiger partial charge in [-0.05, 0) is 48.0 Å². The molecule has 3 rings (SSSR count). The summed E-state index contributed by atoms with van der Waals surface area (Å²) in [4.78, 5) is 25.3. The standard InChI is InChI=1S/C18H13F2N3O4/c19-17(20)26-14-8-1-11(2-9-14)3-10-15(24)21-13-6-4-12(5-7-13)16-22-18(25)27-23-16/h1-10,17H,(H,21,24)(H,22,23,25)/b10-3+. The Kier molecular flexibility index (Phi) is 5.41. The molecule has 0 aliphatic rings. The van der Waals surface area contributed by atoms with E-state index in [-0.39, 0.29) is 17.5 Å². The number of rotatable bonds is 6. The summed E-state index contributed by atoms with van der Waals surface area (Å²) in [6.07, 6.45) is 2.85. The minimum absolute atomic E-state index is 0.0418. The minimum Gasteiger partial charge on any atom is -0.435 e. The Hall–Kier alpha value is -3.75. The molecule has 0 fully saturated rings. The number of carbonyl (C=O) groups is 1. The number of aromatic nitrogens is 2. The van der Waals surface area contributed by atoms with Crippen LogP contribution in [0.1, 0.15) is 5.56 Å². The number of nitrogens with zero attached hydrogens (tertiary/aromatic N) is 1. The summed E-state index contributed by atoms with van der Waals surface area (Å²) in [5, 5.41) is 6.24. The summed E-state index contributed by atoms with van der Waals surface area (Å²) in [7, 11) is 0. The van der Waals surface area contributed by atoms with Crippen molar-refractivity contribution in [3.63, 3.8) is 0 Å². The molecule has 0 saturated heterocycles. The van der Waals surface area contributed by atoms with Gasteiger partial charge in [0.05, 0.1) is 0 Å². The van der Waals surface area contributed by atoms with Crippen LogP contribution in [-0.2, 0) is 4.79 Å². The highest BCUT2D eigenvalue weighted by molar-refractivity contribution is 6.02. The second kappa shape index (κ2) is 8.09. The number of benzene rings is 2. The first-order valence-electron chi connectivity index (χ1n) is 7.70.